The average molecular weight is 365 g/mol. The summed E-state index contributed by atoms with van der Waals surface area (Å²) in [6.07, 6.45) is -11.2. The molecule has 1 rings (SSSR count). The predicted molar refractivity (Wildman–Crippen MR) is 59.9 cm³/mol. The Bertz CT molecular complexity index is 486. The molecule has 2 nitrogen and oxygen atoms in total. The molecule has 0 atom stereocenters. The van der Waals surface area contributed by atoms with Crippen LogP contribution in [0.25, 0.3) is 0 Å². The fourth-order valence-electron chi connectivity index (χ4n) is 1.55. The lowest BCUT2D eigenvalue weighted by Gasteiger charge is -2.18. The van der Waals surface area contributed by atoms with Gasteiger partial charge in [0, 0.05) is 4.47 Å². The van der Waals surface area contributed by atoms with E-state index in [1.54, 1.807) is 0 Å². The van der Waals surface area contributed by atoms with Crippen LogP contribution in [-0.4, -0.2) is 13.1 Å². The highest BCUT2D eigenvalue weighted by Gasteiger charge is 2.41. The van der Waals surface area contributed by atoms with Crippen molar-refractivity contribution in [1.82, 2.24) is 0 Å². The zero-order chi connectivity index (χ0) is 15.7. The van der Waals surface area contributed by atoms with Gasteiger partial charge in [-0.1, -0.05) is 15.9 Å². The van der Waals surface area contributed by atoms with Crippen molar-refractivity contribution in [2.24, 2.45) is 0 Å². The van der Waals surface area contributed by atoms with Crippen molar-refractivity contribution < 1.29 is 35.9 Å². The molecule has 0 aliphatic heterocycles. The van der Waals surface area contributed by atoms with Gasteiger partial charge in [0.25, 0.3) is 0 Å². The zero-order valence-electron chi connectivity index (χ0n) is 9.82. The van der Waals surface area contributed by atoms with E-state index in [1.165, 1.54) is 0 Å². The van der Waals surface area contributed by atoms with Gasteiger partial charge in [0.15, 0.2) is 0 Å². The Morgan fingerprint density at radius 2 is 1.50 bits per heavy atom. The Balaban J connectivity index is 3.58. The number of benzene rings is 1. The maximum absolute atomic E-state index is 12.8. The van der Waals surface area contributed by atoms with Crippen LogP contribution in [-0.2, 0) is 28.3 Å². The van der Waals surface area contributed by atoms with Crippen molar-refractivity contribution >= 4 is 21.9 Å². The molecule has 9 heteroatoms. The minimum absolute atomic E-state index is 0.384. The maximum Gasteiger partial charge on any atom is 0.416 e. The van der Waals surface area contributed by atoms with Crippen molar-refractivity contribution in [2.45, 2.75) is 18.8 Å². The lowest BCUT2D eigenvalue weighted by molar-refractivity contribution is -0.146. The maximum atomic E-state index is 12.8. The first kappa shape index (κ1) is 16.8. The summed E-state index contributed by atoms with van der Waals surface area (Å²) in [6.45, 7) is 0. The highest BCUT2D eigenvalue weighted by atomic mass is 79.9. The van der Waals surface area contributed by atoms with E-state index in [0.717, 1.165) is 7.11 Å². The number of halogens is 7. The summed E-state index contributed by atoms with van der Waals surface area (Å²) in [4.78, 5) is 11.1. The third-order valence-corrected chi connectivity index (χ3v) is 2.83. The van der Waals surface area contributed by atoms with E-state index < -0.39 is 41.4 Å². The molecule has 0 amide bonds. The monoisotopic (exact) mass is 364 g/mol. The molecule has 0 aromatic heterocycles. The number of carbonyl (C=O) groups is 1. The van der Waals surface area contributed by atoms with E-state index in [9.17, 15) is 31.1 Å². The fraction of sp³-hybridized carbons (Fsp3) is 0.364. The Kier molecular flexibility index (Phi) is 4.73. The average Bonchev–Trinajstić information content (AvgIpc) is 2.27. The lowest BCUT2D eigenvalue weighted by Crippen LogP contribution is -2.19. The summed E-state index contributed by atoms with van der Waals surface area (Å²) in [5.74, 6) is -1.19. The first-order valence-electron chi connectivity index (χ1n) is 5.00. The van der Waals surface area contributed by atoms with Crippen molar-refractivity contribution in [2.75, 3.05) is 7.11 Å². The number of esters is 1. The Hall–Kier alpha value is -1.25. The van der Waals surface area contributed by atoms with Gasteiger partial charge in [0.1, 0.15) is 0 Å². The molecule has 0 heterocycles. The summed E-state index contributed by atoms with van der Waals surface area (Å²) in [5.41, 5.74) is -4.20. The van der Waals surface area contributed by atoms with Crippen molar-refractivity contribution in [1.29, 1.82) is 0 Å². The molecule has 0 unspecified atom stereocenters. The molecule has 0 saturated heterocycles. The summed E-state index contributed by atoms with van der Waals surface area (Å²) in [5, 5.41) is 0. The number of methoxy groups -OCH3 is 1. The number of hydrogen-bond acceptors (Lipinski definition) is 2. The number of ether oxygens (including phenoxy) is 1. The summed E-state index contributed by atoms with van der Waals surface area (Å²) < 4.78 is 80.6. The van der Waals surface area contributed by atoms with E-state index in [4.69, 9.17) is 0 Å². The summed E-state index contributed by atoms with van der Waals surface area (Å²) in [6, 6.07) is 0.987. The molecule has 112 valence electrons. The molecule has 0 aliphatic carbocycles. The van der Waals surface area contributed by atoms with Crippen LogP contribution in [0.3, 0.4) is 0 Å². The van der Waals surface area contributed by atoms with Gasteiger partial charge in [-0.05, 0) is 17.7 Å². The van der Waals surface area contributed by atoms with Crippen LogP contribution in [0.5, 0.6) is 0 Å². The van der Waals surface area contributed by atoms with Gasteiger partial charge in [-0.25, -0.2) is 0 Å². The first-order chi connectivity index (χ1) is 8.96. The van der Waals surface area contributed by atoms with Crippen molar-refractivity contribution in [3.63, 3.8) is 0 Å². The molecule has 0 aliphatic rings. The van der Waals surface area contributed by atoms with Crippen LogP contribution in [0.1, 0.15) is 16.7 Å². The minimum Gasteiger partial charge on any atom is -0.469 e. The van der Waals surface area contributed by atoms with Gasteiger partial charge >= 0.3 is 18.3 Å². The molecule has 0 fully saturated rings. The third-order valence-electron chi connectivity index (χ3n) is 2.37. The van der Waals surface area contributed by atoms with Crippen LogP contribution >= 0.6 is 15.9 Å². The standard InChI is InChI=1S/C11H7BrF6O2/c1-20-9(19)4-6-7(10(13,14)15)2-5(12)3-8(6)11(16,17)18/h2-3H,4H2,1H3. The number of carbonyl (C=O) groups excluding carboxylic acids is 1. The van der Waals surface area contributed by atoms with Crippen LogP contribution in [0.2, 0.25) is 0 Å². The Morgan fingerprint density at radius 3 is 1.80 bits per heavy atom. The second kappa shape index (κ2) is 5.63. The van der Waals surface area contributed by atoms with Crippen LogP contribution in [0, 0.1) is 0 Å². The normalized spacial score (nSPS) is 12.4. The van der Waals surface area contributed by atoms with E-state index in [0.29, 0.717) is 12.1 Å². The van der Waals surface area contributed by atoms with E-state index >= 15 is 0 Å². The highest BCUT2D eigenvalue weighted by Crippen LogP contribution is 2.41. The largest absolute Gasteiger partial charge is 0.469 e. The molecule has 0 bridgehead atoms. The molecular formula is C11H7BrF6O2. The lowest BCUT2D eigenvalue weighted by atomic mass is 9.97. The fourth-order valence-corrected chi connectivity index (χ4v) is 2.01. The van der Waals surface area contributed by atoms with Gasteiger partial charge in [0.2, 0.25) is 0 Å². The van der Waals surface area contributed by atoms with Gasteiger partial charge in [-0.15, -0.1) is 0 Å². The van der Waals surface area contributed by atoms with Crippen molar-refractivity contribution in [3.05, 3.63) is 33.3 Å². The quantitative estimate of drug-likeness (QED) is 0.580. The Labute approximate surface area is 117 Å². The van der Waals surface area contributed by atoms with Crippen LogP contribution in [0.4, 0.5) is 26.3 Å². The van der Waals surface area contributed by atoms with Gasteiger partial charge < -0.3 is 4.74 Å². The zero-order valence-corrected chi connectivity index (χ0v) is 11.4. The molecule has 0 saturated carbocycles. The third kappa shape index (κ3) is 3.87. The highest BCUT2D eigenvalue weighted by molar-refractivity contribution is 9.10. The number of alkyl halides is 6. The summed E-state index contributed by atoms with van der Waals surface area (Å²) >= 11 is 2.60. The van der Waals surface area contributed by atoms with Crippen LogP contribution < -0.4 is 0 Å². The number of rotatable bonds is 2. The molecule has 0 spiro atoms. The van der Waals surface area contributed by atoms with Crippen LogP contribution in [0.15, 0.2) is 16.6 Å². The first-order valence-corrected chi connectivity index (χ1v) is 5.79. The van der Waals surface area contributed by atoms with E-state index in [2.05, 4.69) is 20.7 Å². The van der Waals surface area contributed by atoms with E-state index in [-0.39, 0.29) is 4.47 Å². The summed E-state index contributed by atoms with van der Waals surface area (Å²) in [7, 11) is 0.877. The predicted octanol–water partition coefficient (Wildman–Crippen LogP) is 4.20. The van der Waals surface area contributed by atoms with E-state index in [1.807, 2.05) is 0 Å². The molecular weight excluding hydrogens is 358 g/mol. The SMILES string of the molecule is COC(=O)Cc1c(C(F)(F)F)cc(Br)cc1C(F)(F)F. The second-order valence-corrected chi connectivity index (χ2v) is 4.64. The second-order valence-electron chi connectivity index (χ2n) is 3.73. The van der Waals surface area contributed by atoms with Gasteiger partial charge in [0.05, 0.1) is 24.7 Å². The van der Waals surface area contributed by atoms with Crippen molar-refractivity contribution in [3.8, 4) is 0 Å². The smallest absolute Gasteiger partial charge is 0.416 e. The molecule has 20 heavy (non-hydrogen) atoms. The van der Waals surface area contributed by atoms with Gasteiger partial charge in [-0.3, -0.25) is 4.79 Å². The minimum atomic E-state index is -5.02. The molecule has 0 radical (unpaired) electrons. The Morgan fingerprint density at radius 1 is 1.10 bits per heavy atom. The number of hydrogen-bond donors (Lipinski definition) is 0. The molecule has 1 aromatic rings. The topological polar surface area (TPSA) is 26.3 Å². The molecule has 1 aromatic carbocycles. The van der Waals surface area contributed by atoms with Gasteiger partial charge in [-0.2, -0.15) is 26.3 Å². The molecule has 0 N–H and O–H groups in total.